The van der Waals surface area contributed by atoms with E-state index in [4.69, 9.17) is 4.74 Å². The Hall–Kier alpha value is -0.610. The zero-order valence-corrected chi connectivity index (χ0v) is 10.2. The van der Waals surface area contributed by atoms with Crippen LogP contribution < -0.4 is 5.32 Å². The van der Waals surface area contributed by atoms with Gasteiger partial charge >= 0.3 is 0 Å². The van der Waals surface area contributed by atoms with Crippen LogP contribution in [0, 0.1) is 5.92 Å². The second-order valence-electron chi connectivity index (χ2n) is 5.20. The number of carbonyl (C=O) groups is 1. The molecule has 16 heavy (non-hydrogen) atoms. The minimum atomic E-state index is 0.160. The van der Waals surface area contributed by atoms with Gasteiger partial charge in [-0.05, 0) is 32.6 Å². The molecule has 2 aliphatic rings. The zero-order chi connectivity index (χ0) is 11.5. The maximum absolute atomic E-state index is 11.7. The molecule has 2 atom stereocenters. The SMILES string of the molecule is CC1CN(CC(=O)NCC2CC2)CC(C)O1. The van der Waals surface area contributed by atoms with E-state index >= 15 is 0 Å². The normalized spacial score (nSPS) is 31.4. The van der Waals surface area contributed by atoms with Gasteiger partial charge < -0.3 is 10.1 Å². The van der Waals surface area contributed by atoms with Crippen molar-refractivity contribution in [3.8, 4) is 0 Å². The largest absolute Gasteiger partial charge is 0.373 e. The lowest BCUT2D eigenvalue weighted by Crippen LogP contribution is -2.49. The summed E-state index contributed by atoms with van der Waals surface area (Å²) in [7, 11) is 0. The van der Waals surface area contributed by atoms with Crippen LogP contribution in [0.15, 0.2) is 0 Å². The number of nitrogens with one attached hydrogen (secondary N) is 1. The molecule has 0 aromatic carbocycles. The quantitative estimate of drug-likeness (QED) is 0.764. The van der Waals surface area contributed by atoms with E-state index in [0.717, 1.165) is 25.6 Å². The van der Waals surface area contributed by atoms with Gasteiger partial charge in [-0.2, -0.15) is 0 Å². The number of hydrogen-bond acceptors (Lipinski definition) is 3. The molecule has 1 saturated heterocycles. The van der Waals surface area contributed by atoms with Gasteiger partial charge in [-0.1, -0.05) is 0 Å². The Kier molecular flexibility index (Phi) is 3.82. The van der Waals surface area contributed by atoms with E-state index in [1.165, 1.54) is 12.8 Å². The Morgan fingerprint density at radius 3 is 2.50 bits per heavy atom. The van der Waals surface area contributed by atoms with Gasteiger partial charge in [-0.25, -0.2) is 0 Å². The predicted molar refractivity (Wildman–Crippen MR) is 62.2 cm³/mol. The van der Waals surface area contributed by atoms with Gasteiger partial charge in [0.25, 0.3) is 0 Å². The molecule has 2 rings (SSSR count). The van der Waals surface area contributed by atoms with Crippen molar-refractivity contribution in [2.24, 2.45) is 5.92 Å². The van der Waals surface area contributed by atoms with Crippen molar-refractivity contribution < 1.29 is 9.53 Å². The number of nitrogens with zero attached hydrogens (tertiary/aromatic N) is 1. The minimum Gasteiger partial charge on any atom is -0.373 e. The van der Waals surface area contributed by atoms with E-state index in [9.17, 15) is 4.79 Å². The highest BCUT2D eigenvalue weighted by molar-refractivity contribution is 5.78. The highest BCUT2D eigenvalue weighted by Gasteiger charge is 2.25. The van der Waals surface area contributed by atoms with Crippen LogP contribution in [0.4, 0.5) is 0 Å². The summed E-state index contributed by atoms with van der Waals surface area (Å²) >= 11 is 0. The molecular weight excluding hydrogens is 204 g/mol. The molecule has 0 aromatic rings. The lowest BCUT2D eigenvalue weighted by atomic mass is 10.2. The lowest BCUT2D eigenvalue weighted by molar-refractivity contribution is -0.126. The number of hydrogen-bond donors (Lipinski definition) is 1. The number of carbonyl (C=O) groups excluding carboxylic acids is 1. The van der Waals surface area contributed by atoms with Gasteiger partial charge in [0.2, 0.25) is 5.91 Å². The third-order valence-electron chi connectivity index (χ3n) is 3.15. The third kappa shape index (κ3) is 3.76. The monoisotopic (exact) mass is 226 g/mol. The fraction of sp³-hybridized carbons (Fsp3) is 0.917. The Balaban J connectivity index is 1.68. The van der Waals surface area contributed by atoms with Crippen molar-refractivity contribution in [1.82, 2.24) is 10.2 Å². The second-order valence-corrected chi connectivity index (χ2v) is 5.20. The van der Waals surface area contributed by atoms with Crippen molar-refractivity contribution in [3.05, 3.63) is 0 Å². The van der Waals surface area contributed by atoms with Gasteiger partial charge in [0.05, 0.1) is 18.8 Å². The first kappa shape index (κ1) is 11.9. The van der Waals surface area contributed by atoms with Crippen molar-refractivity contribution >= 4 is 5.91 Å². The molecule has 1 aliphatic heterocycles. The maximum Gasteiger partial charge on any atom is 0.234 e. The van der Waals surface area contributed by atoms with Crippen LogP contribution >= 0.6 is 0 Å². The molecule has 0 spiro atoms. The van der Waals surface area contributed by atoms with Crippen LogP contribution in [0.3, 0.4) is 0 Å². The summed E-state index contributed by atoms with van der Waals surface area (Å²) in [5, 5.41) is 3.00. The fourth-order valence-electron chi connectivity index (χ4n) is 2.25. The fourth-order valence-corrected chi connectivity index (χ4v) is 2.25. The van der Waals surface area contributed by atoms with E-state index in [2.05, 4.69) is 24.1 Å². The van der Waals surface area contributed by atoms with Crippen molar-refractivity contribution in [2.45, 2.75) is 38.9 Å². The molecule has 0 bridgehead atoms. The minimum absolute atomic E-state index is 0.160. The molecule has 4 heteroatoms. The highest BCUT2D eigenvalue weighted by atomic mass is 16.5. The van der Waals surface area contributed by atoms with Crippen LogP contribution in [-0.4, -0.2) is 49.2 Å². The first-order valence-electron chi connectivity index (χ1n) is 6.28. The maximum atomic E-state index is 11.7. The summed E-state index contributed by atoms with van der Waals surface area (Å²) in [6.07, 6.45) is 3.04. The van der Waals surface area contributed by atoms with E-state index in [1.807, 2.05) is 0 Å². The lowest BCUT2D eigenvalue weighted by Gasteiger charge is -2.34. The Labute approximate surface area is 97.3 Å². The summed E-state index contributed by atoms with van der Waals surface area (Å²) in [5.74, 6) is 0.916. The van der Waals surface area contributed by atoms with Gasteiger partial charge in [0.15, 0.2) is 0 Å². The molecule has 1 amide bonds. The summed E-state index contributed by atoms with van der Waals surface area (Å²) < 4.78 is 5.63. The van der Waals surface area contributed by atoms with Gasteiger partial charge in [-0.15, -0.1) is 0 Å². The molecule has 2 fully saturated rings. The van der Waals surface area contributed by atoms with Crippen molar-refractivity contribution in [3.63, 3.8) is 0 Å². The smallest absolute Gasteiger partial charge is 0.234 e. The molecular formula is C12H22N2O2. The summed E-state index contributed by atoms with van der Waals surface area (Å²) in [6.45, 7) is 7.23. The van der Waals surface area contributed by atoms with Crippen LogP contribution in [0.5, 0.6) is 0 Å². The van der Waals surface area contributed by atoms with Crippen LogP contribution in [0.25, 0.3) is 0 Å². The second kappa shape index (κ2) is 5.15. The Morgan fingerprint density at radius 2 is 1.94 bits per heavy atom. The number of rotatable bonds is 4. The number of ether oxygens (including phenoxy) is 1. The third-order valence-corrected chi connectivity index (χ3v) is 3.15. The topological polar surface area (TPSA) is 41.6 Å². The summed E-state index contributed by atoms with van der Waals surface area (Å²) in [6, 6.07) is 0. The van der Waals surface area contributed by atoms with E-state index < -0.39 is 0 Å². The molecule has 1 heterocycles. The zero-order valence-electron chi connectivity index (χ0n) is 10.2. The van der Waals surface area contributed by atoms with Gasteiger partial charge in [0, 0.05) is 19.6 Å². The standard InChI is InChI=1S/C12H22N2O2/c1-9-6-14(7-10(2)16-9)8-12(15)13-5-11-3-4-11/h9-11H,3-8H2,1-2H3,(H,13,15). The number of amides is 1. The van der Waals surface area contributed by atoms with Gasteiger partial charge in [0.1, 0.15) is 0 Å². The average molecular weight is 226 g/mol. The van der Waals surface area contributed by atoms with E-state index in [0.29, 0.717) is 6.54 Å². The highest BCUT2D eigenvalue weighted by Crippen LogP contribution is 2.27. The molecule has 0 aromatic heterocycles. The van der Waals surface area contributed by atoms with E-state index in [-0.39, 0.29) is 18.1 Å². The molecule has 1 aliphatic carbocycles. The predicted octanol–water partition coefficient (Wildman–Crippen LogP) is 0.622. The van der Waals surface area contributed by atoms with E-state index in [1.54, 1.807) is 0 Å². The molecule has 1 saturated carbocycles. The van der Waals surface area contributed by atoms with Crippen molar-refractivity contribution in [2.75, 3.05) is 26.2 Å². The molecule has 2 unspecified atom stereocenters. The van der Waals surface area contributed by atoms with Crippen LogP contribution in [-0.2, 0) is 9.53 Å². The van der Waals surface area contributed by atoms with Gasteiger partial charge in [-0.3, -0.25) is 9.69 Å². The summed E-state index contributed by atoms with van der Waals surface area (Å²) in [4.78, 5) is 13.8. The number of morpholine rings is 1. The molecule has 4 nitrogen and oxygen atoms in total. The van der Waals surface area contributed by atoms with Crippen LogP contribution in [0.2, 0.25) is 0 Å². The molecule has 92 valence electrons. The van der Waals surface area contributed by atoms with Crippen LogP contribution in [0.1, 0.15) is 26.7 Å². The average Bonchev–Trinajstić information content (AvgIpc) is 2.96. The molecule has 0 radical (unpaired) electrons. The van der Waals surface area contributed by atoms with Crippen molar-refractivity contribution in [1.29, 1.82) is 0 Å². The Morgan fingerprint density at radius 1 is 1.31 bits per heavy atom. The first-order valence-corrected chi connectivity index (χ1v) is 6.28. The first-order chi connectivity index (χ1) is 7.63. The molecule has 1 N–H and O–H groups in total. The summed E-state index contributed by atoms with van der Waals surface area (Å²) in [5.41, 5.74) is 0. The Bertz CT molecular complexity index is 243.